The van der Waals surface area contributed by atoms with Crippen molar-refractivity contribution in [3.63, 3.8) is 0 Å². The van der Waals surface area contributed by atoms with Crippen molar-refractivity contribution < 1.29 is 26.7 Å². The van der Waals surface area contributed by atoms with Crippen LogP contribution in [-0.2, 0) is 6.54 Å². The number of hydrogen-bond donors (Lipinski definition) is 1. The van der Waals surface area contributed by atoms with E-state index in [1.807, 2.05) is 24.3 Å². The van der Waals surface area contributed by atoms with Crippen molar-refractivity contribution in [1.29, 1.82) is 0 Å². The number of aromatic nitrogens is 1. The highest BCUT2D eigenvalue weighted by atomic mass is 79.9. The van der Waals surface area contributed by atoms with E-state index in [1.54, 1.807) is 6.07 Å². The molecule has 0 radical (unpaired) electrons. The number of unbranched alkanes of at least 4 members (excludes halogenated alkanes) is 7. The van der Waals surface area contributed by atoms with Crippen molar-refractivity contribution in [2.24, 2.45) is 0 Å². The van der Waals surface area contributed by atoms with Gasteiger partial charge < -0.3 is 22.1 Å². The van der Waals surface area contributed by atoms with E-state index in [-0.39, 0.29) is 17.0 Å². The Morgan fingerprint density at radius 2 is 1.41 bits per heavy atom. The Kier molecular flexibility index (Phi) is 13.2. The second-order valence-corrected chi connectivity index (χ2v) is 7.52. The molecule has 1 N–H and O–H groups in total. The standard InChI is InChI=1S/C23H30BrNO.BrH/c24-18-10-5-3-1-2-4-6-11-19-25-20-12-9-14-22(25)17-16-21-13-7-8-15-23(21)26;/h7-9,12-17,20H,1-6,10-11,18-19H2;1H. The normalized spacial score (nSPS) is 10.9. The number of aryl methyl sites for hydroxylation is 1. The minimum absolute atomic E-state index is 0. The third kappa shape index (κ3) is 9.57. The van der Waals surface area contributed by atoms with Crippen LogP contribution in [0.25, 0.3) is 12.2 Å². The molecule has 2 aromatic rings. The summed E-state index contributed by atoms with van der Waals surface area (Å²) in [6, 6.07) is 13.7. The molecule has 0 unspecified atom stereocenters. The minimum Gasteiger partial charge on any atom is -1.00 e. The fraction of sp³-hybridized carbons (Fsp3) is 0.435. The van der Waals surface area contributed by atoms with Crippen LogP contribution in [0, 0.1) is 0 Å². The SMILES string of the molecule is Oc1ccccc1/C=C/c1cccc[n+]1CCCCCCCCCCBr.[Br-]. The Balaban J connectivity index is 0.00000364. The first-order valence-electron chi connectivity index (χ1n) is 9.82. The van der Waals surface area contributed by atoms with Crippen molar-refractivity contribution in [1.82, 2.24) is 0 Å². The molecule has 0 aliphatic rings. The van der Waals surface area contributed by atoms with Crippen LogP contribution in [0.1, 0.15) is 62.6 Å². The predicted octanol–water partition coefficient (Wildman–Crippen LogP) is 3.37. The quantitative estimate of drug-likeness (QED) is 0.272. The highest BCUT2D eigenvalue weighted by molar-refractivity contribution is 9.09. The molecule has 0 fully saturated rings. The van der Waals surface area contributed by atoms with Crippen LogP contribution in [0.15, 0.2) is 48.7 Å². The summed E-state index contributed by atoms with van der Waals surface area (Å²) in [4.78, 5) is 0. The summed E-state index contributed by atoms with van der Waals surface area (Å²) in [5.74, 6) is 0.322. The van der Waals surface area contributed by atoms with E-state index in [9.17, 15) is 5.11 Å². The molecular weight excluding hydrogens is 466 g/mol. The zero-order valence-corrected chi connectivity index (χ0v) is 19.2. The molecule has 2 nitrogen and oxygen atoms in total. The molecule has 2 rings (SSSR count). The number of pyridine rings is 1. The van der Waals surface area contributed by atoms with E-state index in [4.69, 9.17) is 0 Å². The fourth-order valence-corrected chi connectivity index (χ4v) is 3.48. The van der Waals surface area contributed by atoms with Gasteiger partial charge in [0.15, 0.2) is 6.20 Å². The van der Waals surface area contributed by atoms with Crippen molar-refractivity contribution >= 4 is 28.1 Å². The van der Waals surface area contributed by atoms with Gasteiger partial charge in [-0.25, -0.2) is 0 Å². The largest absolute Gasteiger partial charge is 1.00 e. The number of aromatic hydroxyl groups is 1. The molecule has 1 aromatic heterocycles. The number of phenolic OH excluding ortho intramolecular Hbond substituents is 1. The van der Waals surface area contributed by atoms with Crippen LogP contribution in [0.2, 0.25) is 0 Å². The van der Waals surface area contributed by atoms with E-state index in [0.717, 1.165) is 17.4 Å². The lowest BCUT2D eigenvalue weighted by Crippen LogP contribution is -3.00. The molecule has 4 heteroatoms. The van der Waals surface area contributed by atoms with E-state index in [1.165, 1.54) is 57.1 Å². The highest BCUT2D eigenvalue weighted by Crippen LogP contribution is 2.18. The van der Waals surface area contributed by atoms with E-state index in [2.05, 4.69) is 51.0 Å². The van der Waals surface area contributed by atoms with Gasteiger partial charge in [0, 0.05) is 35.5 Å². The summed E-state index contributed by atoms with van der Waals surface area (Å²) < 4.78 is 2.30. The monoisotopic (exact) mass is 495 g/mol. The first kappa shape index (κ1) is 23.9. The molecule has 0 saturated heterocycles. The van der Waals surface area contributed by atoms with E-state index >= 15 is 0 Å². The van der Waals surface area contributed by atoms with Crippen molar-refractivity contribution in [2.45, 2.75) is 57.9 Å². The maximum atomic E-state index is 9.89. The summed E-state index contributed by atoms with van der Waals surface area (Å²) in [5, 5.41) is 11.0. The third-order valence-electron chi connectivity index (χ3n) is 4.63. The number of rotatable bonds is 12. The molecule has 148 valence electrons. The van der Waals surface area contributed by atoms with Gasteiger partial charge in [-0.3, -0.25) is 0 Å². The molecule has 0 aliphatic heterocycles. The van der Waals surface area contributed by atoms with Gasteiger partial charge in [-0.2, -0.15) is 4.57 Å². The number of para-hydroxylation sites is 1. The third-order valence-corrected chi connectivity index (χ3v) is 5.19. The lowest BCUT2D eigenvalue weighted by atomic mass is 10.1. The van der Waals surface area contributed by atoms with E-state index < -0.39 is 0 Å². The van der Waals surface area contributed by atoms with Crippen LogP contribution in [-0.4, -0.2) is 10.4 Å². The smallest absolute Gasteiger partial charge is 0.205 e. The molecule has 0 amide bonds. The van der Waals surface area contributed by atoms with Crippen LogP contribution >= 0.6 is 15.9 Å². The van der Waals surface area contributed by atoms with Gasteiger partial charge in [-0.15, -0.1) is 0 Å². The van der Waals surface area contributed by atoms with Gasteiger partial charge in [0.2, 0.25) is 5.69 Å². The Bertz CT molecular complexity index is 673. The summed E-state index contributed by atoms with van der Waals surface area (Å²) in [5.41, 5.74) is 2.02. The van der Waals surface area contributed by atoms with Gasteiger partial charge in [0.1, 0.15) is 12.3 Å². The lowest BCUT2D eigenvalue weighted by Gasteiger charge is -2.03. The first-order chi connectivity index (χ1) is 12.8. The minimum atomic E-state index is 0. The van der Waals surface area contributed by atoms with Crippen LogP contribution in [0.4, 0.5) is 0 Å². The van der Waals surface area contributed by atoms with Gasteiger partial charge in [-0.1, -0.05) is 66.2 Å². The summed E-state index contributed by atoms with van der Waals surface area (Å²) in [6.07, 6.45) is 16.8. The number of hydrogen-bond acceptors (Lipinski definition) is 1. The molecule has 1 heterocycles. The number of phenols is 1. The zero-order chi connectivity index (χ0) is 18.5. The molecule has 0 bridgehead atoms. The summed E-state index contributed by atoms with van der Waals surface area (Å²) >= 11 is 3.49. The van der Waals surface area contributed by atoms with E-state index in [0.29, 0.717) is 5.75 Å². The average molecular weight is 497 g/mol. The lowest BCUT2D eigenvalue weighted by molar-refractivity contribution is -0.699. The Morgan fingerprint density at radius 3 is 2.11 bits per heavy atom. The highest BCUT2D eigenvalue weighted by Gasteiger charge is 2.06. The van der Waals surface area contributed by atoms with Gasteiger partial charge in [-0.05, 0) is 31.1 Å². The fourth-order valence-electron chi connectivity index (χ4n) is 3.09. The van der Waals surface area contributed by atoms with Gasteiger partial charge >= 0.3 is 0 Å². The molecule has 0 aliphatic carbocycles. The molecule has 0 spiro atoms. The molecule has 0 atom stereocenters. The first-order valence-corrected chi connectivity index (χ1v) is 10.9. The number of benzene rings is 1. The molecule has 1 aromatic carbocycles. The van der Waals surface area contributed by atoms with Crippen molar-refractivity contribution in [3.8, 4) is 5.75 Å². The Morgan fingerprint density at radius 1 is 0.778 bits per heavy atom. The topological polar surface area (TPSA) is 24.1 Å². The molecular formula is C23H31Br2NO. The molecule has 27 heavy (non-hydrogen) atoms. The molecule has 0 saturated carbocycles. The zero-order valence-electron chi connectivity index (χ0n) is 16.0. The second kappa shape index (κ2) is 14.9. The van der Waals surface area contributed by atoms with Gasteiger partial charge in [0.05, 0.1) is 0 Å². The summed E-state index contributed by atoms with van der Waals surface area (Å²) in [7, 11) is 0. The van der Waals surface area contributed by atoms with Gasteiger partial charge in [0.25, 0.3) is 0 Å². The number of nitrogens with zero attached hydrogens (tertiary/aromatic N) is 1. The van der Waals surface area contributed by atoms with Crippen LogP contribution < -0.4 is 21.5 Å². The van der Waals surface area contributed by atoms with Crippen molar-refractivity contribution in [2.75, 3.05) is 5.33 Å². The maximum absolute atomic E-state index is 9.89. The number of alkyl halides is 1. The number of halogens is 2. The van der Waals surface area contributed by atoms with Crippen molar-refractivity contribution in [3.05, 3.63) is 59.9 Å². The summed E-state index contributed by atoms with van der Waals surface area (Å²) in [6.45, 7) is 1.05. The average Bonchev–Trinajstić information content (AvgIpc) is 2.67. The van der Waals surface area contributed by atoms with Crippen LogP contribution in [0.3, 0.4) is 0 Å². The Hall–Kier alpha value is -1.13. The van der Waals surface area contributed by atoms with Crippen LogP contribution in [0.5, 0.6) is 5.75 Å². The maximum Gasteiger partial charge on any atom is 0.205 e. The predicted molar refractivity (Wildman–Crippen MR) is 114 cm³/mol. The Labute approximate surface area is 183 Å². The second-order valence-electron chi connectivity index (χ2n) is 6.73.